The molecule has 0 aliphatic carbocycles. The van der Waals surface area contributed by atoms with E-state index in [1.807, 2.05) is 0 Å². The average molecular weight is 291 g/mol. The Labute approximate surface area is 101 Å². The summed E-state index contributed by atoms with van der Waals surface area (Å²) in [4.78, 5) is 13.1. The van der Waals surface area contributed by atoms with Gasteiger partial charge in [-0.25, -0.2) is 0 Å². The van der Waals surface area contributed by atoms with Crippen LogP contribution in [0.5, 0.6) is 0 Å². The maximum Gasteiger partial charge on any atom is 0.229 e. The van der Waals surface area contributed by atoms with Gasteiger partial charge in [-0.2, -0.15) is 0 Å². The first-order chi connectivity index (χ1) is 7.09. The number of hydrogen-bond acceptors (Lipinski definition) is 2. The molecule has 1 fully saturated rings. The van der Waals surface area contributed by atoms with Crippen LogP contribution in [0.2, 0.25) is 5.02 Å². The fourth-order valence-corrected chi connectivity index (χ4v) is 2.27. The van der Waals surface area contributed by atoms with Crippen molar-refractivity contribution in [3.05, 3.63) is 27.7 Å². The molecular formula is C10H9BrClNO2. The van der Waals surface area contributed by atoms with Gasteiger partial charge < -0.3 is 10.0 Å². The molecule has 0 aromatic heterocycles. The van der Waals surface area contributed by atoms with E-state index in [-0.39, 0.29) is 12.3 Å². The number of carbonyl (C=O) groups excluding carboxylic acids is 1. The highest BCUT2D eigenvalue weighted by atomic mass is 79.9. The molecule has 1 aromatic carbocycles. The number of amides is 1. The molecule has 1 N–H and O–H groups in total. The number of nitrogens with zero attached hydrogens (tertiary/aromatic N) is 1. The molecule has 15 heavy (non-hydrogen) atoms. The first kappa shape index (κ1) is 10.9. The molecule has 1 aliphatic rings. The van der Waals surface area contributed by atoms with Crippen molar-refractivity contribution in [2.75, 3.05) is 11.4 Å². The third-order valence-electron chi connectivity index (χ3n) is 2.33. The van der Waals surface area contributed by atoms with Gasteiger partial charge in [-0.15, -0.1) is 0 Å². The number of rotatable bonds is 1. The molecule has 3 nitrogen and oxygen atoms in total. The quantitative estimate of drug-likeness (QED) is 0.861. The van der Waals surface area contributed by atoms with Gasteiger partial charge in [-0.3, -0.25) is 4.79 Å². The summed E-state index contributed by atoms with van der Waals surface area (Å²) in [5.41, 5.74) is 0.712. The summed E-state index contributed by atoms with van der Waals surface area (Å²) in [5, 5.41) is 9.94. The van der Waals surface area contributed by atoms with Gasteiger partial charge in [-0.1, -0.05) is 17.7 Å². The van der Waals surface area contributed by atoms with Crippen LogP contribution < -0.4 is 4.90 Å². The number of hydrogen-bond donors (Lipinski definition) is 1. The molecule has 1 aliphatic heterocycles. The Morgan fingerprint density at radius 2 is 2.27 bits per heavy atom. The van der Waals surface area contributed by atoms with E-state index in [0.29, 0.717) is 21.7 Å². The Hall–Kier alpha value is -0.580. The van der Waals surface area contributed by atoms with Crippen molar-refractivity contribution < 1.29 is 9.90 Å². The van der Waals surface area contributed by atoms with Crippen molar-refractivity contribution >= 4 is 39.1 Å². The predicted octanol–water partition coefficient (Wildman–Crippen LogP) is 2.20. The van der Waals surface area contributed by atoms with Crippen LogP contribution in [-0.2, 0) is 4.79 Å². The van der Waals surface area contributed by atoms with E-state index in [4.69, 9.17) is 11.6 Å². The van der Waals surface area contributed by atoms with Crippen LogP contribution in [0.15, 0.2) is 22.7 Å². The Balaban J connectivity index is 2.38. The minimum atomic E-state index is -0.580. The highest BCUT2D eigenvalue weighted by Crippen LogP contribution is 2.34. The molecule has 1 atom stereocenters. The second-order valence-electron chi connectivity index (χ2n) is 3.44. The number of halogens is 2. The Morgan fingerprint density at radius 3 is 2.87 bits per heavy atom. The first-order valence-corrected chi connectivity index (χ1v) is 5.69. The fraction of sp³-hybridized carbons (Fsp3) is 0.300. The number of carbonyl (C=O) groups is 1. The lowest BCUT2D eigenvalue weighted by Crippen LogP contribution is -2.25. The molecule has 1 amide bonds. The van der Waals surface area contributed by atoms with E-state index < -0.39 is 6.10 Å². The fourth-order valence-electron chi connectivity index (χ4n) is 1.62. The van der Waals surface area contributed by atoms with Crippen LogP contribution in [-0.4, -0.2) is 23.7 Å². The number of benzene rings is 1. The molecule has 1 aromatic rings. The molecular weight excluding hydrogens is 281 g/mol. The molecule has 2 rings (SSSR count). The Bertz CT molecular complexity index is 410. The number of β-amino-alcohol motifs (C(OH)–C–C–N with tert-alkyl or cyclic N) is 1. The van der Waals surface area contributed by atoms with Crippen molar-refractivity contribution in [2.24, 2.45) is 0 Å². The minimum Gasteiger partial charge on any atom is -0.391 e. The Kier molecular flexibility index (Phi) is 3.00. The van der Waals surface area contributed by atoms with Crippen LogP contribution in [0, 0.1) is 0 Å². The summed E-state index contributed by atoms with van der Waals surface area (Å²) in [6.45, 7) is 0.331. The van der Waals surface area contributed by atoms with Gasteiger partial charge in [0.05, 0.1) is 34.3 Å². The second kappa shape index (κ2) is 4.12. The van der Waals surface area contributed by atoms with Crippen molar-refractivity contribution in [3.8, 4) is 0 Å². The van der Waals surface area contributed by atoms with Crippen LogP contribution in [0.25, 0.3) is 0 Å². The van der Waals surface area contributed by atoms with Crippen LogP contribution in [0.3, 0.4) is 0 Å². The zero-order valence-corrected chi connectivity index (χ0v) is 10.1. The maximum atomic E-state index is 11.6. The van der Waals surface area contributed by atoms with E-state index >= 15 is 0 Å². The molecule has 5 heteroatoms. The van der Waals surface area contributed by atoms with E-state index in [2.05, 4.69) is 15.9 Å². The molecule has 0 spiro atoms. The molecule has 80 valence electrons. The number of aliphatic hydroxyl groups is 1. The highest BCUT2D eigenvalue weighted by Gasteiger charge is 2.30. The molecule has 1 heterocycles. The largest absolute Gasteiger partial charge is 0.391 e. The number of aliphatic hydroxyl groups excluding tert-OH is 1. The van der Waals surface area contributed by atoms with Crippen LogP contribution in [0.4, 0.5) is 5.69 Å². The van der Waals surface area contributed by atoms with Crippen LogP contribution in [0.1, 0.15) is 6.42 Å². The standard InChI is InChI=1S/C10H9BrClNO2/c11-10-7(12)2-1-3-8(10)13-5-6(14)4-9(13)15/h1-3,6,14H,4-5H2. The van der Waals surface area contributed by atoms with Gasteiger partial charge >= 0.3 is 0 Å². The lowest BCUT2D eigenvalue weighted by Gasteiger charge is -2.17. The molecule has 0 radical (unpaired) electrons. The second-order valence-corrected chi connectivity index (χ2v) is 4.64. The van der Waals surface area contributed by atoms with E-state index in [0.717, 1.165) is 0 Å². The number of anilines is 1. The lowest BCUT2D eigenvalue weighted by molar-refractivity contribution is -0.117. The van der Waals surface area contributed by atoms with Gasteiger partial charge in [0.25, 0.3) is 0 Å². The van der Waals surface area contributed by atoms with Gasteiger partial charge in [0, 0.05) is 0 Å². The normalized spacial score (nSPS) is 21.1. The van der Waals surface area contributed by atoms with E-state index in [9.17, 15) is 9.90 Å². The maximum absolute atomic E-state index is 11.6. The van der Waals surface area contributed by atoms with E-state index in [1.54, 1.807) is 23.1 Å². The molecule has 0 bridgehead atoms. The molecule has 0 saturated carbocycles. The SMILES string of the molecule is O=C1CC(O)CN1c1cccc(Cl)c1Br. The van der Waals surface area contributed by atoms with Crippen molar-refractivity contribution in [1.29, 1.82) is 0 Å². The molecule has 1 saturated heterocycles. The van der Waals surface area contributed by atoms with E-state index in [1.165, 1.54) is 0 Å². The first-order valence-electron chi connectivity index (χ1n) is 4.52. The third-order valence-corrected chi connectivity index (χ3v) is 3.70. The predicted molar refractivity (Wildman–Crippen MR) is 62.1 cm³/mol. The van der Waals surface area contributed by atoms with Gasteiger partial charge in [0.2, 0.25) is 5.91 Å². The van der Waals surface area contributed by atoms with Gasteiger partial charge in [0.1, 0.15) is 0 Å². The summed E-state index contributed by atoms with van der Waals surface area (Å²) < 4.78 is 0.689. The summed E-state index contributed by atoms with van der Waals surface area (Å²) in [6, 6.07) is 5.32. The lowest BCUT2D eigenvalue weighted by atomic mass is 10.3. The summed E-state index contributed by atoms with van der Waals surface area (Å²) in [5.74, 6) is -0.0783. The van der Waals surface area contributed by atoms with Crippen molar-refractivity contribution in [2.45, 2.75) is 12.5 Å². The molecule has 1 unspecified atom stereocenters. The summed E-state index contributed by atoms with van der Waals surface area (Å²) in [7, 11) is 0. The van der Waals surface area contributed by atoms with Crippen molar-refractivity contribution in [3.63, 3.8) is 0 Å². The average Bonchev–Trinajstić information content (AvgIpc) is 2.50. The summed E-state index contributed by atoms with van der Waals surface area (Å²) >= 11 is 9.26. The zero-order chi connectivity index (χ0) is 11.0. The van der Waals surface area contributed by atoms with Crippen LogP contribution >= 0.6 is 27.5 Å². The highest BCUT2D eigenvalue weighted by molar-refractivity contribution is 9.10. The van der Waals surface area contributed by atoms with Crippen molar-refractivity contribution in [1.82, 2.24) is 0 Å². The monoisotopic (exact) mass is 289 g/mol. The van der Waals surface area contributed by atoms with Gasteiger partial charge in [0.15, 0.2) is 0 Å². The third kappa shape index (κ3) is 2.02. The topological polar surface area (TPSA) is 40.5 Å². The zero-order valence-electron chi connectivity index (χ0n) is 7.78. The Morgan fingerprint density at radius 1 is 1.53 bits per heavy atom. The minimum absolute atomic E-state index is 0.0783. The smallest absolute Gasteiger partial charge is 0.229 e. The summed E-state index contributed by atoms with van der Waals surface area (Å²) in [6.07, 6.45) is -0.401. The van der Waals surface area contributed by atoms with Gasteiger partial charge in [-0.05, 0) is 28.1 Å².